The summed E-state index contributed by atoms with van der Waals surface area (Å²) in [6, 6.07) is 6.52. The van der Waals surface area contributed by atoms with Crippen molar-refractivity contribution in [1.82, 2.24) is 14.9 Å². The van der Waals surface area contributed by atoms with Crippen LogP contribution in [-0.4, -0.2) is 52.9 Å². The van der Waals surface area contributed by atoms with Gasteiger partial charge in [-0.05, 0) is 49.5 Å². The minimum Gasteiger partial charge on any atom is -0.481 e. The lowest BCUT2D eigenvalue weighted by Gasteiger charge is -2.33. The van der Waals surface area contributed by atoms with E-state index in [1.807, 2.05) is 0 Å². The fourth-order valence-electron chi connectivity index (χ4n) is 3.87. The number of carboxylic acids is 1. The van der Waals surface area contributed by atoms with Gasteiger partial charge in [0.05, 0.1) is 5.69 Å². The number of anilines is 2. The molecule has 0 saturated carbocycles. The van der Waals surface area contributed by atoms with Gasteiger partial charge in [0.15, 0.2) is 5.82 Å². The lowest BCUT2D eigenvalue weighted by Crippen LogP contribution is -2.34. The Bertz CT molecular complexity index is 855. The Hall–Kier alpha value is -2.16. The number of rotatable bonds is 6. The summed E-state index contributed by atoms with van der Waals surface area (Å²) in [7, 11) is 1.68. The van der Waals surface area contributed by atoms with Gasteiger partial charge in [0, 0.05) is 37.4 Å². The predicted molar refractivity (Wildman–Crippen MR) is 107 cm³/mol. The third-order valence-electron chi connectivity index (χ3n) is 5.26. The molecule has 3 heterocycles. The van der Waals surface area contributed by atoms with Crippen LogP contribution in [0.3, 0.4) is 0 Å². The molecule has 1 N–H and O–H groups in total. The second-order valence-electron chi connectivity index (χ2n) is 7.25. The highest BCUT2D eigenvalue weighted by atomic mass is 32.2. The zero-order valence-corrected chi connectivity index (χ0v) is 16.7. The van der Waals surface area contributed by atoms with Crippen molar-refractivity contribution in [1.29, 1.82) is 0 Å². The molecule has 1 aromatic heterocycles. The number of ether oxygens (including phenoxy) is 1. The van der Waals surface area contributed by atoms with Crippen molar-refractivity contribution >= 4 is 29.2 Å². The molecule has 0 atom stereocenters. The molecule has 7 nitrogen and oxygen atoms in total. The van der Waals surface area contributed by atoms with Crippen molar-refractivity contribution in [3.8, 4) is 0 Å². The highest BCUT2D eigenvalue weighted by molar-refractivity contribution is 7.99. The molecule has 4 rings (SSSR count). The molecule has 1 saturated heterocycles. The molecule has 0 bridgehead atoms. The monoisotopic (exact) mass is 400 g/mol. The zero-order valence-electron chi connectivity index (χ0n) is 15.9. The molecule has 0 spiro atoms. The summed E-state index contributed by atoms with van der Waals surface area (Å²) < 4.78 is 5.42. The maximum atomic E-state index is 10.9. The van der Waals surface area contributed by atoms with E-state index in [1.165, 1.54) is 5.56 Å². The van der Waals surface area contributed by atoms with Crippen LogP contribution >= 0.6 is 11.8 Å². The van der Waals surface area contributed by atoms with E-state index in [1.54, 1.807) is 31.3 Å². The summed E-state index contributed by atoms with van der Waals surface area (Å²) >= 11 is 1.63. The topological polar surface area (TPSA) is 78.8 Å². The molecule has 0 aliphatic carbocycles. The van der Waals surface area contributed by atoms with Crippen molar-refractivity contribution in [2.75, 3.05) is 31.8 Å². The van der Waals surface area contributed by atoms with Crippen LogP contribution in [0.1, 0.15) is 24.8 Å². The number of likely N-dealkylation sites (tertiary alicyclic amines) is 1. The minimum absolute atomic E-state index is 0.288. The highest BCUT2D eigenvalue weighted by Gasteiger charge is 2.26. The first-order chi connectivity index (χ1) is 13.6. The summed E-state index contributed by atoms with van der Waals surface area (Å²) in [5.41, 5.74) is 2.34. The van der Waals surface area contributed by atoms with Gasteiger partial charge in [-0.3, -0.25) is 14.6 Å². The largest absolute Gasteiger partial charge is 0.481 e. The number of hydrogen-bond donors (Lipinski definition) is 1. The maximum Gasteiger partial charge on any atom is 0.303 e. The summed E-state index contributed by atoms with van der Waals surface area (Å²) in [5.74, 6) is 0.446. The van der Waals surface area contributed by atoms with Crippen molar-refractivity contribution in [3.63, 3.8) is 0 Å². The SMILES string of the molecule is COCN1c2cc(CN3CCC(CC(=O)O)CC3)ccc2Sc2nccnc21. The molecule has 2 aliphatic rings. The number of methoxy groups -OCH3 is 1. The number of benzene rings is 1. The molecule has 0 amide bonds. The number of piperidine rings is 1. The van der Waals surface area contributed by atoms with Crippen molar-refractivity contribution in [2.45, 2.75) is 35.7 Å². The van der Waals surface area contributed by atoms with Crippen LogP contribution in [0.4, 0.5) is 11.5 Å². The van der Waals surface area contributed by atoms with E-state index in [0.29, 0.717) is 12.6 Å². The standard InChI is InChI=1S/C20H24N4O3S/c1-27-13-24-16-10-15(12-23-8-4-14(5-9-23)11-18(25)26)2-3-17(16)28-20-19(24)21-6-7-22-20/h2-3,6-7,10,14H,4-5,8-9,11-13H2,1H3,(H,25,26). The lowest BCUT2D eigenvalue weighted by molar-refractivity contribution is -0.138. The van der Waals surface area contributed by atoms with E-state index in [9.17, 15) is 4.79 Å². The number of carbonyl (C=O) groups is 1. The number of aromatic nitrogens is 2. The molecule has 0 radical (unpaired) electrons. The van der Waals surface area contributed by atoms with Crippen LogP contribution in [0.15, 0.2) is 40.5 Å². The zero-order chi connectivity index (χ0) is 19.5. The number of nitrogens with zero attached hydrogens (tertiary/aromatic N) is 4. The molecule has 1 fully saturated rings. The fourth-order valence-corrected chi connectivity index (χ4v) is 4.85. The molecule has 2 aromatic rings. The Morgan fingerprint density at radius 3 is 2.82 bits per heavy atom. The van der Waals surface area contributed by atoms with Gasteiger partial charge >= 0.3 is 5.97 Å². The molecule has 1 aromatic carbocycles. The molecule has 28 heavy (non-hydrogen) atoms. The average Bonchev–Trinajstić information content (AvgIpc) is 2.69. The van der Waals surface area contributed by atoms with Crippen LogP contribution < -0.4 is 4.90 Å². The minimum atomic E-state index is -0.688. The van der Waals surface area contributed by atoms with Gasteiger partial charge in [-0.1, -0.05) is 17.8 Å². The lowest BCUT2D eigenvalue weighted by atomic mass is 9.93. The maximum absolute atomic E-state index is 10.9. The number of hydrogen-bond acceptors (Lipinski definition) is 7. The number of aliphatic carboxylic acids is 1. The third-order valence-corrected chi connectivity index (χ3v) is 6.30. The number of fused-ring (bicyclic) bond motifs is 2. The van der Waals surface area contributed by atoms with E-state index in [4.69, 9.17) is 9.84 Å². The molecule has 8 heteroatoms. The summed E-state index contributed by atoms with van der Waals surface area (Å²) in [6.07, 6.45) is 5.61. The summed E-state index contributed by atoms with van der Waals surface area (Å²) in [6.45, 7) is 3.18. The van der Waals surface area contributed by atoms with Crippen LogP contribution in [0, 0.1) is 5.92 Å². The first-order valence-corrected chi connectivity index (χ1v) is 10.3. The van der Waals surface area contributed by atoms with Gasteiger partial charge in [0.1, 0.15) is 11.8 Å². The Balaban J connectivity index is 1.49. The van der Waals surface area contributed by atoms with E-state index < -0.39 is 5.97 Å². The van der Waals surface area contributed by atoms with Crippen LogP contribution in [0.25, 0.3) is 0 Å². The third kappa shape index (κ3) is 4.14. The van der Waals surface area contributed by atoms with E-state index in [2.05, 4.69) is 38.0 Å². The Morgan fingerprint density at radius 2 is 2.07 bits per heavy atom. The van der Waals surface area contributed by atoms with E-state index >= 15 is 0 Å². The van der Waals surface area contributed by atoms with Crippen LogP contribution in [-0.2, 0) is 16.1 Å². The first-order valence-electron chi connectivity index (χ1n) is 9.46. The van der Waals surface area contributed by atoms with Gasteiger partial charge < -0.3 is 9.84 Å². The Labute approximate surface area is 168 Å². The molecular weight excluding hydrogens is 376 g/mol. The smallest absolute Gasteiger partial charge is 0.303 e. The quantitative estimate of drug-likeness (QED) is 0.791. The second kappa shape index (κ2) is 8.46. The van der Waals surface area contributed by atoms with Crippen LogP contribution in [0.2, 0.25) is 0 Å². The molecule has 148 valence electrons. The average molecular weight is 401 g/mol. The van der Waals surface area contributed by atoms with E-state index in [-0.39, 0.29) is 6.42 Å². The second-order valence-corrected chi connectivity index (χ2v) is 8.28. The summed E-state index contributed by atoms with van der Waals surface area (Å²) in [4.78, 5) is 25.5. The van der Waals surface area contributed by atoms with Crippen molar-refractivity contribution in [2.24, 2.45) is 5.92 Å². The molecule has 2 aliphatic heterocycles. The van der Waals surface area contributed by atoms with Crippen molar-refractivity contribution < 1.29 is 14.6 Å². The van der Waals surface area contributed by atoms with E-state index in [0.717, 1.165) is 53.9 Å². The summed E-state index contributed by atoms with van der Waals surface area (Å²) in [5, 5.41) is 9.87. The Kier molecular flexibility index (Phi) is 5.79. The van der Waals surface area contributed by atoms with Crippen LogP contribution in [0.5, 0.6) is 0 Å². The van der Waals surface area contributed by atoms with Gasteiger partial charge in [0.2, 0.25) is 0 Å². The first kappa shape index (κ1) is 19.2. The van der Waals surface area contributed by atoms with Gasteiger partial charge in [-0.15, -0.1) is 0 Å². The Morgan fingerprint density at radius 1 is 1.29 bits per heavy atom. The fraction of sp³-hybridized carbons (Fsp3) is 0.450. The van der Waals surface area contributed by atoms with Gasteiger partial charge in [-0.25, -0.2) is 9.97 Å². The highest BCUT2D eigenvalue weighted by Crippen LogP contribution is 2.46. The van der Waals surface area contributed by atoms with Crippen molar-refractivity contribution in [3.05, 3.63) is 36.2 Å². The predicted octanol–water partition coefficient (Wildman–Crippen LogP) is 3.37. The molecule has 0 unspecified atom stereocenters. The normalized spacial score (nSPS) is 17.2. The van der Waals surface area contributed by atoms with Gasteiger partial charge in [0.25, 0.3) is 0 Å². The number of carboxylic acid groups (broad SMARTS) is 1. The van der Waals surface area contributed by atoms with Gasteiger partial charge in [-0.2, -0.15) is 0 Å². The molecular formula is C20H24N4O3S.